The zero-order valence-corrected chi connectivity index (χ0v) is 28.3. The van der Waals surface area contributed by atoms with Crippen molar-refractivity contribution < 1.29 is 9.59 Å². The van der Waals surface area contributed by atoms with E-state index in [1.807, 2.05) is 58.0 Å². The van der Waals surface area contributed by atoms with Gasteiger partial charge in [-0.05, 0) is 82.5 Å². The molecule has 2 fully saturated rings. The van der Waals surface area contributed by atoms with Gasteiger partial charge in [0.15, 0.2) is 5.11 Å². The van der Waals surface area contributed by atoms with Gasteiger partial charge in [0, 0.05) is 18.3 Å². The molecule has 0 saturated heterocycles. The number of carbonyl (C=O) groups excluding carboxylic acids is 2. The molecule has 0 radical (unpaired) electrons. The lowest BCUT2D eigenvalue weighted by Gasteiger charge is -2.43. The molecular formula is C35H56N5O3S-. The van der Waals surface area contributed by atoms with Crippen LogP contribution in [0.1, 0.15) is 117 Å². The van der Waals surface area contributed by atoms with Crippen LogP contribution in [-0.4, -0.2) is 63.3 Å². The van der Waals surface area contributed by atoms with Gasteiger partial charge in [0.1, 0.15) is 6.04 Å². The largest absolute Gasteiger partial charge is 0.756 e. The SMILES string of the molecule is CCC[C@@H](C(=O)N([O-])[C@H](C=NCC1CCCCC1)CC1CCCCC1)N(C(=O)[C@@H](N)Cc1ccccc1)C(=S)NC(C)(C)C. The Morgan fingerprint density at radius 2 is 1.61 bits per heavy atom. The number of rotatable bonds is 13. The van der Waals surface area contributed by atoms with E-state index in [1.165, 1.54) is 43.4 Å². The first-order chi connectivity index (χ1) is 21.0. The Morgan fingerprint density at radius 1 is 1.02 bits per heavy atom. The highest BCUT2D eigenvalue weighted by Gasteiger charge is 2.37. The Hall–Kier alpha value is -2.36. The van der Waals surface area contributed by atoms with Crippen LogP contribution in [0.4, 0.5) is 0 Å². The van der Waals surface area contributed by atoms with E-state index in [1.54, 1.807) is 6.21 Å². The first-order valence-electron chi connectivity index (χ1n) is 16.9. The zero-order valence-electron chi connectivity index (χ0n) is 27.5. The molecule has 0 aliphatic heterocycles. The molecule has 0 spiro atoms. The molecule has 9 heteroatoms. The Labute approximate surface area is 271 Å². The molecule has 2 aliphatic rings. The predicted octanol–water partition coefficient (Wildman–Crippen LogP) is 6.54. The number of amides is 2. The van der Waals surface area contributed by atoms with Crippen molar-refractivity contribution >= 4 is 35.4 Å². The summed E-state index contributed by atoms with van der Waals surface area (Å²) >= 11 is 5.76. The smallest absolute Gasteiger partial charge is 0.246 e. The van der Waals surface area contributed by atoms with Gasteiger partial charge in [-0.1, -0.05) is 95.0 Å². The van der Waals surface area contributed by atoms with Crippen molar-refractivity contribution in [2.24, 2.45) is 22.6 Å². The molecule has 0 heterocycles. The van der Waals surface area contributed by atoms with Crippen LogP contribution >= 0.6 is 12.2 Å². The number of hydroxylamine groups is 2. The first-order valence-corrected chi connectivity index (χ1v) is 17.4. The van der Waals surface area contributed by atoms with Crippen LogP contribution in [0.5, 0.6) is 0 Å². The highest BCUT2D eigenvalue weighted by molar-refractivity contribution is 7.80. The molecule has 1 aromatic rings. The van der Waals surface area contributed by atoms with Gasteiger partial charge in [-0.25, -0.2) is 0 Å². The summed E-state index contributed by atoms with van der Waals surface area (Å²) in [6.45, 7) is 8.44. The molecule has 3 rings (SSSR count). The summed E-state index contributed by atoms with van der Waals surface area (Å²) in [5.41, 5.74) is 6.92. The minimum absolute atomic E-state index is 0.112. The quantitative estimate of drug-likeness (QED) is 0.146. The summed E-state index contributed by atoms with van der Waals surface area (Å²) in [6.07, 6.45) is 15.2. The second-order valence-corrected chi connectivity index (χ2v) is 14.4. The highest BCUT2D eigenvalue weighted by Crippen LogP contribution is 2.29. The van der Waals surface area contributed by atoms with E-state index in [9.17, 15) is 14.8 Å². The predicted molar refractivity (Wildman–Crippen MR) is 184 cm³/mol. The number of carbonyl (C=O) groups is 2. The molecule has 44 heavy (non-hydrogen) atoms. The lowest BCUT2D eigenvalue weighted by Crippen LogP contribution is -2.62. The molecular weight excluding hydrogens is 570 g/mol. The van der Waals surface area contributed by atoms with Crippen LogP contribution in [0.2, 0.25) is 0 Å². The number of nitrogens with zero attached hydrogens (tertiary/aromatic N) is 3. The number of aliphatic imine (C=N–C) groups is 1. The summed E-state index contributed by atoms with van der Waals surface area (Å²) in [5, 5.41) is 18.0. The molecule has 2 amide bonds. The maximum Gasteiger partial charge on any atom is 0.246 e. The van der Waals surface area contributed by atoms with Crippen LogP contribution in [0.25, 0.3) is 0 Å². The number of benzene rings is 1. The van der Waals surface area contributed by atoms with Crippen molar-refractivity contribution in [1.82, 2.24) is 15.3 Å². The van der Waals surface area contributed by atoms with Gasteiger partial charge < -0.3 is 21.3 Å². The fourth-order valence-corrected chi connectivity index (χ4v) is 7.06. The number of thiocarbonyl (C=S) groups is 1. The van der Waals surface area contributed by atoms with E-state index >= 15 is 0 Å². The summed E-state index contributed by atoms with van der Waals surface area (Å²) < 4.78 is 0. The van der Waals surface area contributed by atoms with E-state index in [-0.39, 0.29) is 5.11 Å². The van der Waals surface area contributed by atoms with Crippen LogP contribution in [-0.2, 0) is 16.0 Å². The van der Waals surface area contributed by atoms with Gasteiger partial charge in [0.05, 0.1) is 12.1 Å². The molecule has 2 aliphatic carbocycles. The fourth-order valence-electron chi connectivity index (χ4n) is 6.54. The van der Waals surface area contributed by atoms with Crippen LogP contribution in [0.3, 0.4) is 0 Å². The third-order valence-electron chi connectivity index (χ3n) is 8.90. The monoisotopic (exact) mass is 626 g/mol. The third-order valence-corrected chi connectivity index (χ3v) is 9.20. The summed E-state index contributed by atoms with van der Waals surface area (Å²) in [7, 11) is 0. The zero-order chi connectivity index (χ0) is 32.1. The minimum atomic E-state index is -1.06. The molecule has 3 N–H and O–H groups in total. The molecule has 2 saturated carbocycles. The van der Waals surface area contributed by atoms with E-state index in [0.717, 1.165) is 31.2 Å². The first kappa shape index (κ1) is 36.1. The molecule has 3 atom stereocenters. The lowest BCUT2D eigenvalue weighted by molar-refractivity contribution is -0.142. The van der Waals surface area contributed by atoms with Crippen LogP contribution in [0.15, 0.2) is 35.3 Å². The Kier molecular flexibility index (Phi) is 14.7. The molecule has 0 bridgehead atoms. The van der Waals surface area contributed by atoms with Gasteiger partial charge in [-0.15, -0.1) is 0 Å². The summed E-state index contributed by atoms with van der Waals surface area (Å²) in [4.78, 5) is 34.3. The molecule has 0 aromatic heterocycles. The van der Waals surface area contributed by atoms with Crippen LogP contribution in [0, 0.1) is 17.0 Å². The van der Waals surface area contributed by atoms with Crippen molar-refractivity contribution in [3.05, 3.63) is 41.1 Å². The summed E-state index contributed by atoms with van der Waals surface area (Å²) in [5.74, 6) is -0.204. The lowest BCUT2D eigenvalue weighted by atomic mass is 9.84. The van der Waals surface area contributed by atoms with E-state index in [2.05, 4.69) is 5.32 Å². The maximum atomic E-state index is 14.2. The van der Waals surface area contributed by atoms with Gasteiger partial charge in [-0.3, -0.25) is 19.5 Å². The number of hydrogen-bond acceptors (Lipinski definition) is 6. The van der Waals surface area contributed by atoms with Crippen LogP contribution < -0.4 is 11.1 Å². The number of nitrogens with two attached hydrogens (primary N) is 1. The second kappa shape index (κ2) is 18.0. The van der Waals surface area contributed by atoms with Crippen molar-refractivity contribution in [2.75, 3.05) is 6.54 Å². The van der Waals surface area contributed by atoms with E-state index in [4.69, 9.17) is 22.9 Å². The van der Waals surface area contributed by atoms with Crippen molar-refractivity contribution in [1.29, 1.82) is 0 Å². The van der Waals surface area contributed by atoms with E-state index in [0.29, 0.717) is 49.1 Å². The Bertz CT molecular complexity index is 1060. The molecule has 1 aromatic carbocycles. The van der Waals surface area contributed by atoms with Gasteiger partial charge in [-0.2, -0.15) is 0 Å². The average Bonchev–Trinajstić information content (AvgIpc) is 3.00. The summed E-state index contributed by atoms with van der Waals surface area (Å²) in [6, 6.07) is 6.88. The Morgan fingerprint density at radius 3 is 2.18 bits per heavy atom. The number of hydrogen-bond donors (Lipinski definition) is 2. The van der Waals surface area contributed by atoms with Gasteiger partial charge >= 0.3 is 0 Å². The normalized spacial score (nSPS) is 18.9. The van der Waals surface area contributed by atoms with Crippen molar-refractivity contribution in [3.63, 3.8) is 0 Å². The van der Waals surface area contributed by atoms with Crippen molar-refractivity contribution in [2.45, 2.75) is 141 Å². The standard InChI is InChI=1S/C35H56N5O3S/c1-5-15-31(39(34(44)38-35(2,3)4)32(41)30(36)23-27-18-11-7-12-19-27)33(42)40(43)29(22-26-16-9-6-10-17-26)25-37-24-28-20-13-8-14-21-28/h7,11-12,18-19,25-26,28-31H,5-6,8-10,13-17,20-24,36H2,1-4H3,(H,38,44)/q-1/t29-,30-,31-/m0/s1. The van der Waals surface area contributed by atoms with E-state index < -0.39 is 35.5 Å². The third kappa shape index (κ3) is 11.5. The van der Waals surface area contributed by atoms with Gasteiger partial charge in [0.25, 0.3) is 0 Å². The highest BCUT2D eigenvalue weighted by atomic mass is 32.1. The van der Waals surface area contributed by atoms with Gasteiger partial charge in [0.2, 0.25) is 11.8 Å². The second-order valence-electron chi connectivity index (χ2n) is 14.0. The minimum Gasteiger partial charge on any atom is -0.756 e. The molecule has 246 valence electrons. The Balaban J connectivity index is 1.88. The topological polar surface area (TPSA) is 114 Å². The molecule has 0 unspecified atom stereocenters. The average molecular weight is 627 g/mol. The number of nitrogens with one attached hydrogen (secondary N) is 1. The molecule has 8 nitrogen and oxygen atoms in total. The van der Waals surface area contributed by atoms with Crippen molar-refractivity contribution in [3.8, 4) is 0 Å². The fraction of sp³-hybridized carbons (Fsp3) is 0.714. The maximum absolute atomic E-state index is 14.2.